The first-order valence-corrected chi connectivity index (χ1v) is 7.75. The second-order valence-electron chi connectivity index (χ2n) is 6.53. The molecule has 2 fully saturated rings. The van der Waals surface area contributed by atoms with Gasteiger partial charge in [0.2, 0.25) is 5.91 Å². The van der Waals surface area contributed by atoms with E-state index in [9.17, 15) is 9.90 Å². The van der Waals surface area contributed by atoms with Crippen LogP contribution in [0.25, 0.3) is 0 Å². The quantitative estimate of drug-likeness (QED) is 0.765. The molecule has 2 rings (SSSR count). The molecule has 110 valence electrons. The highest BCUT2D eigenvalue weighted by atomic mass is 16.3. The molecule has 4 heteroatoms. The third-order valence-electron chi connectivity index (χ3n) is 4.83. The van der Waals surface area contributed by atoms with Gasteiger partial charge in [0.05, 0.1) is 11.5 Å². The zero-order valence-electron chi connectivity index (χ0n) is 12.1. The summed E-state index contributed by atoms with van der Waals surface area (Å²) in [5.74, 6) is 0.0900. The first-order chi connectivity index (χ1) is 9.02. The Morgan fingerprint density at radius 2 is 1.84 bits per heavy atom. The van der Waals surface area contributed by atoms with Gasteiger partial charge in [0.25, 0.3) is 0 Å². The van der Waals surface area contributed by atoms with Crippen molar-refractivity contribution in [3.05, 3.63) is 0 Å². The maximum absolute atomic E-state index is 12.5. The Morgan fingerprint density at radius 1 is 1.21 bits per heavy atom. The van der Waals surface area contributed by atoms with Crippen molar-refractivity contribution in [1.29, 1.82) is 0 Å². The number of likely N-dealkylation sites (N-methyl/N-ethyl adjacent to an activating group) is 1. The summed E-state index contributed by atoms with van der Waals surface area (Å²) in [7, 11) is 1.82. The molecule has 0 aliphatic heterocycles. The van der Waals surface area contributed by atoms with E-state index in [1.54, 1.807) is 4.90 Å². The normalized spacial score (nSPS) is 30.9. The predicted octanol–water partition coefficient (Wildman–Crippen LogP) is 1.66. The predicted molar refractivity (Wildman–Crippen MR) is 75.6 cm³/mol. The third-order valence-corrected chi connectivity index (χ3v) is 4.83. The number of carbonyl (C=O) groups excluding carboxylic acids is 1. The topological polar surface area (TPSA) is 66.6 Å². The lowest BCUT2D eigenvalue weighted by Gasteiger charge is -2.32. The van der Waals surface area contributed by atoms with Crippen molar-refractivity contribution in [3.63, 3.8) is 0 Å². The van der Waals surface area contributed by atoms with E-state index in [-0.39, 0.29) is 17.9 Å². The molecule has 0 heterocycles. The van der Waals surface area contributed by atoms with E-state index in [4.69, 9.17) is 5.73 Å². The Balaban J connectivity index is 1.93. The molecule has 0 saturated heterocycles. The van der Waals surface area contributed by atoms with E-state index in [1.165, 1.54) is 6.42 Å². The number of nitrogens with zero attached hydrogens (tertiary/aromatic N) is 1. The second kappa shape index (κ2) is 6.23. The molecule has 2 aliphatic carbocycles. The van der Waals surface area contributed by atoms with E-state index < -0.39 is 5.60 Å². The minimum Gasteiger partial charge on any atom is -0.388 e. The number of rotatable bonds is 3. The van der Waals surface area contributed by atoms with Crippen LogP contribution in [0.2, 0.25) is 0 Å². The molecule has 0 spiro atoms. The fourth-order valence-corrected chi connectivity index (χ4v) is 3.64. The third kappa shape index (κ3) is 3.69. The summed E-state index contributed by atoms with van der Waals surface area (Å²) in [5.41, 5.74) is 5.50. The average Bonchev–Trinajstić information content (AvgIpc) is 2.67. The fourth-order valence-electron chi connectivity index (χ4n) is 3.64. The van der Waals surface area contributed by atoms with Crippen LogP contribution in [-0.2, 0) is 4.79 Å². The van der Waals surface area contributed by atoms with Crippen molar-refractivity contribution >= 4 is 5.91 Å². The zero-order chi connectivity index (χ0) is 13.9. The second-order valence-corrected chi connectivity index (χ2v) is 6.53. The lowest BCUT2D eigenvalue weighted by Crippen LogP contribution is -2.47. The van der Waals surface area contributed by atoms with Crippen LogP contribution < -0.4 is 5.73 Å². The van der Waals surface area contributed by atoms with Crippen LogP contribution >= 0.6 is 0 Å². The number of hydrogen-bond donors (Lipinski definition) is 2. The summed E-state index contributed by atoms with van der Waals surface area (Å²) in [6, 6.07) is -0.00401. The van der Waals surface area contributed by atoms with Crippen molar-refractivity contribution in [1.82, 2.24) is 4.90 Å². The van der Waals surface area contributed by atoms with Gasteiger partial charge in [-0.05, 0) is 25.7 Å². The molecule has 2 saturated carbocycles. The van der Waals surface area contributed by atoms with Gasteiger partial charge < -0.3 is 15.7 Å². The highest BCUT2D eigenvalue weighted by Gasteiger charge is 2.36. The van der Waals surface area contributed by atoms with E-state index >= 15 is 0 Å². The van der Waals surface area contributed by atoms with Crippen LogP contribution in [0, 0.1) is 5.92 Å². The van der Waals surface area contributed by atoms with Crippen LogP contribution in [0.4, 0.5) is 0 Å². The van der Waals surface area contributed by atoms with Gasteiger partial charge in [-0.3, -0.25) is 4.79 Å². The van der Waals surface area contributed by atoms with E-state index in [1.807, 2.05) is 7.05 Å². The van der Waals surface area contributed by atoms with E-state index in [2.05, 4.69) is 0 Å². The Bertz CT molecular complexity index is 313. The molecule has 2 unspecified atom stereocenters. The fraction of sp³-hybridized carbons (Fsp3) is 0.933. The molecule has 4 nitrogen and oxygen atoms in total. The smallest absolute Gasteiger partial charge is 0.227 e. The molecule has 2 aliphatic rings. The van der Waals surface area contributed by atoms with E-state index in [0.717, 1.165) is 51.4 Å². The lowest BCUT2D eigenvalue weighted by molar-refractivity contribution is -0.138. The lowest BCUT2D eigenvalue weighted by atomic mass is 9.93. The zero-order valence-corrected chi connectivity index (χ0v) is 12.1. The SMILES string of the molecule is CN(CC1(O)CCCC1)C(=O)C1CCCCCC1N. The molecule has 0 aromatic rings. The van der Waals surface area contributed by atoms with Gasteiger partial charge in [-0.1, -0.05) is 32.1 Å². The van der Waals surface area contributed by atoms with Crippen molar-refractivity contribution in [2.24, 2.45) is 11.7 Å². The van der Waals surface area contributed by atoms with Crippen LogP contribution in [0.1, 0.15) is 57.8 Å². The minimum absolute atomic E-state index is 0.00401. The highest BCUT2D eigenvalue weighted by Crippen LogP contribution is 2.31. The molecule has 19 heavy (non-hydrogen) atoms. The molecule has 0 aromatic heterocycles. The van der Waals surface area contributed by atoms with Gasteiger partial charge in [-0.2, -0.15) is 0 Å². The maximum atomic E-state index is 12.5. The first kappa shape index (κ1) is 14.8. The largest absolute Gasteiger partial charge is 0.388 e. The maximum Gasteiger partial charge on any atom is 0.227 e. The van der Waals surface area contributed by atoms with Crippen molar-refractivity contribution in [3.8, 4) is 0 Å². The van der Waals surface area contributed by atoms with Gasteiger partial charge in [-0.15, -0.1) is 0 Å². The number of nitrogens with two attached hydrogens (primary N) is 1. The molecular formula is C15H28N2O2. The standard InChI is InChI=1S/C15H28N2O2/c1-17(11-15(19)9-5-6-10-15)14(18)12-7-3-2-4-8-13(12)16/h12-13,19H,2-11,16H2,1H3. The highest BCUT2D eigenvalue weighted by molar-refractivity contribution is 5.79. The van der Waals surface area contributed by atoms with Crippen molar-refractivity contribution in [2.75, 3.05) is 13.6 Å². The monoisotopic (exact) mass is 268 g/mol. The summed E-state index contributed by atoms with van der Waals surface area (Å²) in [6.45, 7) is 0.467. The van der Waals surface area contributed by atoms with Crippen LogP contribution in [0.15, 0.2) is 0 Å². The van der Waals surface area contributed by atoms with Gasteiger partial charge >= 0.3 is 0 Å². The van der Waals surface area contributed by atoms with E-state index in [0.29, 0.717) is 6.54 Å². The van der Waals surface area contributed by atoms with Gasteiger partial charge in [0, 0.05) is 19.6 Å². The molecule has 2 atom stereocenters. The number of carbonyl (C=O) groups is 1. The van der Waals surface area contributed by atoms with Gasteiger partial charge in [0.1, 0.15) is 0 Å². The summed E-state index contributed by atoms with van der Waals surface area (Å²) in [6.07, 6.45) is 9.06. The van der Waals surface area contributed by atoms with Crippen LogP contribution in [0.3, 0.4) is 0 Å². The van der Waals surface area contributed by atoms with Gasteiger partial charge in [0.15, 0.2) is 0 Å². The average molecular weight is 268 g/mol. The first-order valence-electron chi connectivity index (χ1n) is 7.75. The molecule has 0 aromatic carbocycles. The Kier molecular flexibility index (Phi) is 4.85. The van der Waals surface area contributed by atoms with Crippen molar-refractivity contribution < 1.29 is 9.90 Å². The van der Waals surface area contributed by atoms with Crippen molar-refractivity contribution in [2.45, 2.75) is 69.4 Å². The molecule has 3 N–H and O–H groups in total. The Labute approximate surface area is 116 Å². The number of hydrogen-bond acceptors (Lipinski definition) is 3. The minimum atomic E-state index is -0.654. The summed E-state index contributed by atoms with van der Waals surface area (Å²) in [4.78, 5) is 14.2. The molecular weight excluding hydrogens is 240 g/mol. The Hall–Kier alpha value is -0.610. The summed E-state index contributed by atoms with van der Waals surface area (Å²) >= 11 is 0. The summed E-state index contributed by atoms with van der Waals surface area (Å²) < 4.78 is 0. The number of amides is 1. The van der Waals surface area contributed by atoms with Gasteiger partial charge in [-0.25, -0.2) is 0 Å². The van der Waals surface area contributed by atoms with Crippen LogP contribution in [0.5, 0.6) is 0 Å². The number of aliphatic hydroxyl groups is 1. The summed E-state index contributed by atoms with van der Waals surface area (Å²) in [5, 5.41) is 10.4. The molecule has 0 radical (unpaired) electrons. The van der Waals surface area contributed by atoms with Crippen LogP contribution in [-0.4, -0.2) is 41.1 Å². The molecule has 1 amide bonds. The molecule has 0 bridgehead atoms. The Morgan fingerprint density at radius 3 is 2.53 bits per heavy atom.